The number of nitrogens with zero attached hydrogens (tertiary/aromatic N) is 2. The van der Waals surface area contributed by atoms with Crippen molar-refractivity contribution in [2.24, 2.45) is 5.92 Å². The van der Waals surface area contributed by atoms with Crippen molar-refractivity contribution in [2.45, 2.75) is 33.6 Å². The van der Waals surface area contributed by atoms with E-state index in [1.807, 2.05) is 18.2 Å². The summed E-state index contributed by atoms with van der Waals surface area (Å²) in [5, 5.41) is 14.2. The minimum absolute atomic E-state index is 0.182. The maximum atomic E-state index is 12.0. The van der Waals surface area contributed by atoms with E-state index < -0.39 is 0 Å². The zero-order valence-corrected chi connectivity index (χ0v) is 14.0. The van der Waals surface area contributed by atoms with Crippen molar-refractivity contribution in [3.05, 3.63) is 47.7 Å². The number of carbonyl (C=O) groups is 1. The van der Waals surface area contributed by atoms with Crippen LogP contribution in [0.25, 0.3) is 0 Å². The molecule has 0 bridgehead atoms. The molecule has 0 spiro atoms. The van der Waals surface area contributed by atoms with Crippen LogP contribution < -0.4 is 10.6 Å². The minimum atomic E-state index is -0.182. The number of anilines is 2. The highest BCUT2D eigenvalue weighted by Gasteiger charge is 2.08. The van der Waals surface area contributed by atoms with Crippen molar-refractivity contribution in [1.29, 1.82) is 0 Å². The van der Waals surface area contributed by atoms with E-state index >= 15 is 0 Å². The monoisotopic (exact) mass is 312 g/mol. The molecule has 5 nitrogen and oxygen atoms in total. The number of carbonyl (C=O) groups excluding carboxylic acids is 1. The van der Waals surface area contributed by atoms with Crippen LogP contribution in [0.1, 0.15) is 43.2 Å². The summed E-state index contributed by atoms with van der Waals surface area (Å²) in [5.74, 6) is 1.01. The highest BCUT2D eigenvalue weighted by atomic mass is 16.1. The topological polar surface area (TPSA) is 66.9 Å². The highest BCUT2D eigenvalue weighted by molar-refractivity contribution is 5.92. The predicted molar refractivity (Wildman–Crippen MR) is 92.9 cm³/mol. The van der Waals surface area contributed by atoms with E-state index in [4.69, 9.17) is 0 Å². The van der Waals surface area contributed by atoms with Gasteiger partial charge in [0, 0.05) is 12.2 Å². The van der Waals surface area contributed by atoms with Gasteiger partial charge in [0.25, 0.3) is 5.91 Å². The third-order valence-electron chi connectivity index (χ3n) is 3.57. The van der Waals surface area contributed by atoms with E-state index in [0.717, 1.165) is 18.5 Å². The molecule has 0 radical (unpaired) electrons. The Morgan fingerprint density at radius 2 is 1.91 bits per heavy atom. The molecule has 1 amide bonds. The lowest BCUT2D eigenvalue weighted by Crippen LogP contribution is -2.26. The molecule has 0 aliphatic heterocycles. The number of benzene rings is 1. The predicted octanol–water partition coefficient (Wildman–Crippen LogP) is 3.56. The first-order valence-corrected chi connectivity index (χ1v) is 8.07. The second-order valence-electron chi connectivity index (χ2n) is 5.88. The first-order valence-electron chi connectivity index (χ1n) is 8.07. The van der Waals surface area contributed by atoms with Gasteiger partial charge in [0.05, 0.1) is 0 Å². The fourth-order valence-corrected chi connectivity index (χ4v) is 2.17. The van der Waals surface area contributed by atoms with Crippen LogP contribution in [-0.4, -0.2) is 22.6 Å². The largest absolute Gasteiger partial charge is 0.351 e. The molecule has 0 aliphatic rings. The van der Waals surface area contributed by atoms with E-state index in [0.29, 0.717) is 24.0 Å². The van der Waals surface area contributed by atoms with Crippen LogP contribution in [0.3, 0.4) is 0 Å². The summed E-state index contributed by atoms with van der Waals surface area (Å²) in [4.78, 5) is 12.0. The van der Waals surface area contributed by atoms with Crippen LogP contribution in [0.15, 0.2) is 36.4 Å². The second-order valence-corrected chi connectivity index (χ2v) is 5.88. The Balaban J connectivity index is 1.98. The van der Waals surface area contributed by atoms with Gasteiger partial charge in [-0.3, -0.25) is 4.79 Å². The first kappa shape index (κ1) is 16.9. The smallest absolute Gasteiger partial charge is 0.271 e. The van der Waals surface area contributed by atoms with Crippen molar-refractivity contribution in [1.82, 2.24) is 15.5 Å². The normalized spacial score (nSPS) is 10.6. The van der Waals surface area contributed by atoms with Crippen LogP contribution >= 0.6 is 0 Å². The number of aryl methyl sites for hydroxylation is 1. The first-order chi connectivity index (χ1) is 11.1. The highest BCUT2D eigenvalue weighted by Crippen LogP contribution is 2.19. The molecule has 0 atom stereocenters. The van der Waals surface area contributed by atoms with Gasteiger partial charge in [0.2, 0.25) is 0 Å². The molecule has 2 aromatic rings. The summed E-state index contributed by atoms with van der Waals surface area (Å²) in [7, 11) is 0. The van der Waals surface area contributed by atoms with Gasteiger partial charge in [-0.05, 0) is 42.5 Å². The fraction of sp³-hybridized carbons (Fsp3) is 0.389. The summed E-state index contributed by atoms with van der Waals surface area (Å²) in [6, 6.07) is 11.5. The third kappa shape index (κ3) is 5.06. The molecule has 0 saturated carbocycles. The quantitative estimate of drug-likeness (QED) is 0.820. The van der Waals surface area contributed by atoms with Gasteiger partial charge >= 0.3 is 0 Å². The van der Waals surface area contributed by atoms with Crippen LogP contribution in [0, 0.1) is 5.92 Å². The summed E-state index contributed by atoms with van der Waals surface area (Å²) in [6.45, 7) is 7.01. The lowest BCUT2D eigenvalue weighted by molar-refractivity contribution is 0.0946. The number of hydrogen-bond acceptors (Lipinski definition) is 4. The zero-order chi connectivity index (χ0) is 16.7. The van der Waals surface area contributed by atoms with Crippen molar-refractivity contribution in [3.8, 4) is 0 Å². The SMILES string of the molecule is CCc1ccccc1Nc1ccc(C(=O)NCCC(C)C)nn1. The van der Waals surface area contributed by atoms with Crippen LogP contribution in [0.2, 0.25) is 0 Å². The Morgan fingerprint density at radius 3 is 2.57 bits per heavy atom. The molecule has 0 aliphatic carbocycles. The van der Waals surface area contributed by atoms with E-state index in [-0.39, 0.29) is 5.91 Å². The van der Waals surface area contributed by atoms with Crippen LogP contribution in [0.4, 0.5) is 11.5 Å². The molecule has 1 aromatic heterocycles. The third-order valence-corrected chi connectivity index (χ3v) is 3.57. The Bertz CT molecular complexity index is 638. The fourth-order valence-electron chi connectivity index (χ4n) is 2.17. The van der Waals surface area contributed by atoms with Gasteiger partial charge in [-0.25, -0.2) is 0 Å². The Morgan fingerprint density at radius 1 is 1.13 bits per heavy atom. The number of hydrogen-bond donors (Lipinski definition) is 2. The number of aromatic nitrogens is 2. The summed E-state index contributed by atoms with van der Waals surface area (Å²) in [6.07, 6.45) is 1.89. The van der Waals surface area contributed by atoms with E-state index in [9.17, 15) is 4.79 Å². The van der Waals surface area contributed by atoms with Crippen molar-refractivity contribution < 1.29 is 4.79 Å². The number of nitrogens with one attached hydrogen (secondary N) is 2. The summed E-state index contributed by atoms with van der Waals surface area (Å²) < 4.78 is 0. The Kier molecular flexibility index (Phi) is 6.09. The number of amides is 1. The molecule has 122 valence electrons. The average molecular weight is 312 g/mol. The molecule has 5 heteroatoms. The molecule has 23 heavy (non-hydrogen) atoms. The molecule has 0 saturated heterocycles. The molecular formula is C18H24N4O. The summed E-state index contributed by atoms with van der Waals surface area (Å²) in [5.41, 5.74) is 2.56. The van der Waals surface area contributed by atoms with Crippen molar-refractivity contribution in [3.63, 3.8) is 0 Å². The van der Waals surface area contributed by atoms with E-state index in [1.165, 1.54) is 5.56 Å². The van der Waals surface area contributed by atoms with Crippen LogP contribution in [0.5, 0.6) is 0 Å². The lowest BCUT2D eigenvalue weighted by atomic mass is 10.1. The van der Waals surface area contributed by atoms with Crippen molar-refractivity contribution in [2.75, 3.05) is 11.9 Å². The lowest BCUT2D eigenvalue weighted by Gasteiger charge is -2.10. The standard InChI is InChI=1S/C18H24N4O/c1-4-14-7-5-6-8-15(14)20-17-10-9-16(21-22-17)18(23)19-12-11-13(2)3/h5-10,13H,4,11-12H2,1-3H3,(H,19,23)(H,20,22). The van der Waals surface area contributed by atoms with Crippen molar-refractivity contribution >= 4 is 17.4 Å². The zero-order valence-electron chi connectivity index (χ0n) is 14.0. The summed E-state index contributed by atoms with van der Waals surface area (Å²) >= 11 is 0. The molecule has 0 fully saturated rings. The molecule has 1 heterocycles. The maximum absolute atomic E-state index is 12.0. The second kappa shape index (κ2) is 8.27. The molecule has 2 N–H and O–H groups in total. The van der Waals surface area contributed by atoms with E-state index in [1.54, 1.807) is 12.1 Å². The van der Waals surface area contributed by atoms with Gasteiger partial charge in [0.1, 0.15) is 0 Å². The molecule has 2 rings (SSSR count). The van der Waals surface area contributed by atoms with Crippen LogP contribution in [-0.2, 0) is 6.42 Å². The maximum Gasteiger partial charge on any atom is 0.271 e. The number of rotatable bonds is 7. The van der Waals surface area contributed by atoms with E-state index in [2.05, 4.69) is 47.7 Å². The molecule has 1 aromatic carbocycles. The molecule has 0 unspecified atom stereocenters. The number of para-hydroxylation sites is 1. The Hall–Kier alpha value is -2.43. The van der Waals surface area contributed by atoms with Gasteiger partial charge in [-0.15, -0.1) is 10.2 Å². The van der Waals surface area contributed by atoms with Gasteiger partial charge in [0.15, 0.2) is 11.5 Å². The minimum Gasteiger partial charge on any atom is -0.351 e. The van der Waals surface area contributed by atoms with Gasteiger partial charge in [-0.1, -0.05) is 39.0 Å². The van der Waals surface area contributed by atoms with Gasteiger partial charge in [-0.2, -0.15) is 0 Å². The molecular weight excluding hydrogens is 288 g/mol. The van der Waals surface area contributed by atoms with Gasteiger partial charge < -0.3 is 10.6 Å². The average Bonchev–Trinajstić information content (AvgIpc) is 2.55. The Labute approximate surface area is 137 Å².